The van der Waals surface area contributed by atoms with Crippen molar-refractivity contribution in [3.05, 3.63) is 35.4 Å². The van der Waals surface area contributed by atoms with Crippen LogP contribution in [-0.4, -0.2) is 17.3 Å². The maximum absolute atomic E-state index is 13.2. The topological polar surface area (TPSA) is 29.1 Å². The number of nitrogens with one attached hydrogen (secondary N) is 1. The number of hydrogen-bond donors (Lipinski definition) is 1. The molecule has 0 aromatic heterocycles. The van der Waals surface area contributed by atoms with E-state index in [4.69, 9.17) is 0 Å². The standard InChI is InChI=1S/C11H12BrF2NO/c1-7(12)4-5-15-11(16)9-3-2-8(13)6-10(9)14/h2-3,6-7H,4-5H2,1H3,(H,15,16). The van der Waals surface area contributed by atoms with Gasteiger partial charge in [-0.25, -0.2) is 8.78 Å². The first-order valence-corrected chi connectivity index (χ1v) is 5.79. The Balaban J connectivity index is 2.59. The molecule has 1 amide bonds. The zero-order valence-corrected chi connectivity index (χ0v) is 10.4. The van der Waals surface area contributed by atoms with Crippen LogP contribution in [0.4, 0.5) is 8.78 Å². The van der Waals surface area contributed by atoms with Gasteiger partial charge in [0.05, 0.1) is 5.56 Å². The smallest absolute Gasteiger partial charge is 0.254 e. The predicted molar refractivity (Wildman–Crippen MR) is 61.7 cm³/mol. The highest BCUT2D eigenvalue weighted by molar-refractivity contribution is 9.09. The van der Waals surface area contributed by atoms with Crippen molar-refractivity contribution in [1.29, 1.82) is 0 Å². The number of halogens is 3. The molecule has 88 valence electrons. The number of carbonyl (C=O) groups is 1. The Morgan fingerprint density at radius 2 is 2.19 bits per heavy atom. The van der Waals surface area contributed by atoms with Gasteiger partial charge >= 0.3 is 0 Å². The van der Waals surface area contributed by atoms with Gasteiger partial charge in [-0.2, -0.15) is 0 Å². The third-order valence-electron chi connectivity index (χ3n) is 2.00. The lowest BCUT2D eigenvalue weighted by Crippen LogP contribution is -2.26. The van der Waals surface area contributed by atoms with Crippen molar-refractivity contribution in [3.63, 3.8) is 0 Å². The highest BCUT2D eigenvalue weighted by Crippen LogP contribution is 2.09. The van der Waals surface area contributed by atoms with E-state index in [9.17, 15) is 13.6 Å². The predicted octanol–water partition coefficient (Wildman–Crippen LogP) is 2.87. The summed E-state index contributed by atoms with van der Waals surface area (Å²) in [7, 11) is 0. The minimum absolute atomic E-state index is 0.136. The molecule has 16 heavy (non-hydrogen) atoms. The van der Waals surface area contributed by atoms with Crippen LogP contribution in [0.1, 0.15) is 23.7 Å². The zero-order chi connectivity index (χ0) is 12.1. The second-order valence-electron chi connectivity index (χ2n) is 3.45. The summed E-state index contributed by atoms with van der Waals surface area (Å²) in [4.78, 5) is 11.8. The van der Waals surface area contributed by atoms with Gasteiger partial charge in [-0.05, 0) is 18.6 Å². The van der Waals surface area contributed by atoms with Crippen molar-refractivity contribution in [3.8, 4) is 0 Å². The molecule has 0 aliphatic rings. The summed E-state index contributed by atoms with van der Waals surface area (Å²) in [6.07, 6.45) is 0.745. The Hall–Kier alpha value is -0.970. The molecule has 1 unspecified atom stereocenters. The van der Waals surface area contributed by atoms with E-state index in [0.29, 0.717) is 12.6 Å². The van der Waals surface area contributed by atoms with Crippen LogP contribution in [0.2, 0.25) is 0 Å². The molecule has 1 aromatic rings. The summed E-state index contributed by atoms with van der Waals surface area (Å²) in [5, 5.41) is 2.56. The fourth-order valence-corrected chi connectivity index (χ4v) is 1.38. The first-order valence-electron chi connectivity index (χ1n) is 4.88. The van der Waals surface area contributed by atoms with Crippen LogP contribution in [0.5, 0.6) is 0 Å². The number of hydrogen-bond acceptors (Lipinski definition) is 1. The highest BCUT2D eigenvalue weighted by Gasteiger charge is 2.11. The Morgan fingerprint density at radius 1 is 1.50 bits per heavy atom. The Bertz CT molecular complexity index is 382. The second kappa shape index (κ2) is 5.94. The molecular formula is C11H12BrF2NO. The van der Waals surface area contributed by atoms with Crippen molar-refractivity contribution >= 4 is 21.8 Å². The van der Waals surface area contributed by atoms with Crippen LogP contribution < -0.4 is 5.32 Å². The Labute approximate surface area is 101 Å². The first kappa shape index (κ1) is 13.1. The largest absolute Gasteiger partial charge is 0.352 e. The van der Waals surface area contributed by atoms with Gasteiger partial charge in [0.2, 0.25) is 0 Å². The van der Waals surface area contributed by atoms with E-state index in [1.165, 1.54) is 0 Å². The number of benzene rings is 1. The average molecular weight is 292 g/mol. The Kier molecular flexibility index (Phi) is 4.86. The summed E-state index contributed by atoms with van der Waals surface area (Å²) in [6.45, 7) is 2.40. The van der Waals surface area contributed by atoms with Crippen LogP contribution in [0, 0.1) is 11.6 Å². The molecule has 0 spiro atoms. The summed E-state index contributed by atoms with van der Waals surface area (Å²) in [5.41, 5.74) is -0.136. The molecule has 0 radical (unpaired) electrons. The molecule has 0 fully saturated rings. The monoisotopic (exact) mass is 291 g/mol. The van der Waals surface area contributed by atoms with E-state index >= 15 is 0 Å². The van der Waals surface area contributed by atoms with Crippen LogP contribution in [0.25, 0.3) is 0 Å². The van der Waals surface area contributed by atoms with E-state index in [1.807, 2.05) is 6.92 Å². The summed E-state index contributed by atoms with van der Waals surface area (Å²) in [6, 6.07) is 2.89. The molecule has 1 N–H and O–H groups in total. The van der Waals surface area contributed by atoms with Gasteiger partial charge in [0.15, 0.2) is 0 Å². The van der Waals surface area contributed by atoms with Crippen molar-refractivity contribution in [1.82, 2.24) is 5.32 Å². The first-order chi connectivity index (χ1) is 7.50. The molecule has 0 saturated carbocycles. The Morgan fingerprint density at radius 3 is 2.75 bits per heavy atom. The average Bonchev–Trinajstić information content (AvgIpc) is 2.16. The van der Waals surface area contributed by atoms with Crippen LogP contribution >= 0.6 is 15.9 Å². The minimum Gasteiger partial charge on any atom is -0.352 e. The number of amides is 1. The molecule has 1 rings (SSSR count). The van der Waals surface area contributed by atoms with Gasteiger partial charge < -0.3 is 5.32 Å². The van der Waals surface area contributed by atoms with E-state index in [0.717, 1.165) is 18.6 Å². The molecule has 0 saturated heterocycles. The minimum atomic E-state index is -0.843. The summed E-state index contributed by atoms with van der Waals surface area (Å²) < 4.78 is 25.8. The number of alkyl halides is 1. The van der Waals surface area contributed by atoms with E-state index in [1.54, 1.807) is 0 Å². The maximum atomic E-state index is 13.2. The third-order valence-corrected chi connectivity index (χ3v) is 2.46. The molecule has 1 atom stereocenters. The number of rotatable bonds is 4. The summed E-state index contributed by atoms with van der Waals surface area (Å²) >= 11 is 3.33. The van der Waals surface area contributed by atoms with Gasteiger partial charge in [-0.3, -0.25) is 4.79 Å². The van der Waals surface area contributed by atoms with Crippen LogP contribution in [-0.2, 0) is 0 Å². The maximum Gasteiger partial charge on any atom is 0.254 e. The quantitative estimate of drug-likeness (QED) is 0.849. The molecule has 5 heteroatoms. The van der Waals surface area contributed by atoms with E-state index in [2.05, 4.69) is 21.2 Å². The molecule has 0 bridgehead atoms. The number of carbonyl (C=O) groups excluding carboxylic acids is 1. The fraction of sp³-hybridized carbons (Fsp3) is 0.364. The van der Waals surface area contributed by atoms with Gasteiger partial charge in [0.25, 0.3) is 5.91 Å². The van der Waals surface area contributed by atoms with Crippen molar-refractivity contribution in [2.24, 2.45) is 0 Å². The third kappa shape index (κ3) is 3.89. The van der Waals surface area contributed by atoms with Crippen LogP contribution in [0.15, 0.2) is 18.2 Å². The molecular weight excluding hydrogens is 280 g/mol. The van der Waals surface area contributed by atoms with Gasteiger partial charge in [-0.15, -0.1) is 0 Å². The van der Waals surface area contributed by atoms with Crippen molar-refractivity contribution in [2.75, 3.05) is 6.54 Å². The van der Waals surface area contributed by atoms with E-state index < -0.39 is 17.5 Å². The van der Waals surface area contributed by atoms with Crippen LogP contribution in [0.3, 0.4) is 0 Å². The molecule has 2 nitrogen and oxygen atoms in total. The van der Waals surface area contributed by atoms with Gasteiger partial charge in [0, 0.05) is 17.4 Å². The lowest BCUT2D eigenvalue weighted by Gasteiger charge is -2.07. The molecule has 1 aromatic carbocycles. The fourth-order valence-electron chi connectivity index (χ4n) is 1.15. The van der Waals surface area contributed by atoms with Crippen molar-refractivity contribution < 1.29 is 13.6 Å². The normalized spacial score (nSPS) is 12.2. The lowest BCUT2D eigenvalue weighted by molar-refractivity contribution is 0.0949. The van der Waals surface area contributed by atoms with E-state index in [-0.39, 0.29) is 10.4 Å². The second-order valence-corrected chi connectivity index (χ2v) is 5.01. The van der Waals surface area contributed by atoms with Gasteiger partial charge in [0.1, 0.15) is 11.6 Å². The SMILES string of the molecule is CC(Br)CCNC(=O)c1ccc(F)cc1F. The zero-order valence-electron chi connectivity index (χ0n) is 8.77. The molecule has 0 aliphatic heterocycles. The summed E-state index contributed by atoms with van der Waals surface area (Å²) in [5.74, 6) is -2.06. The van der Waals surface area contributed by atoms with Crippen molar-refractivity contribution in [2.45, 2.75) is 18.2 Å². The van der Waals surface area contributed by atoms with Gasteiger partial charge in [-0.1, -0.05) is 22.9 Å². The lowest BCUT2D eigenvalue weighted by atomic mass is 10.2. The molecule has 0 aliphatic carbocycles. The molecule has 0 heterocycles. The highest BCUT2D eigenvalue weighted by atomic mass is 79.9.